The summed E-state index contributed by atoms with van der Waals surface area (Å²) in [6.07, 6.45) is 1.60. The summed E-state index contributed by atoms with van der Waals surface area (Å²) in [5.41, 5.74) is 0.524. The minimum atomic E-state index is -0.628. The van der Waals surface area contributed by atoms with E-state index in [1.165, 1.54) is 11.3 Å². The highest BCUT2D eigenvalue weighted by Crippen LogP contribution is 2.10. The Labute approximate surface area is 114 Å². The molecular weight excluding hydrogens is 262 g/mol. The topological polar surface area (TPSA) is 71.1 Å². The third-order valence-corrected chi connectivity index (χ3v) is 3.13. The largest absolute Gasteiger partial charge is 0.341 e. The molecule has 0 aliphatic carbocycles. The van der Waals surface area contributed by atoms with Gasteiger partial charge in [-0.05, 0) is 19.1 Å². The van der Waals surface area contributed by atoms with Crippen LogP contribution in [0, 0.1) is 0 Å². The Kier molecular flexibility index (Phi) is 4.25. The van der Waals surface area contributed by atoms with Crippen LogP contribution in [0.25, 0.3) is 0 Å². The van der Waals surface area contributed by atoms with E-state index in [0.29, 0.717) is 10.7 Å². The van der Waals surface area contributed by atoms with Gasteiger partial charge in [-0.15, -0.1) is 11.3 Å². The second-order valence-electron chi connectivity index (χ2n) is 3.89. The smallest absolute Gasteiger partial charge is 0.251 e. The van der Waals surface area contributed by atoms with Crippen LogP contribution in [0.15, 0.2) is 41.9 Å². The van der Waals surface area contributed by atoms with E-state index in [1.807, 2.05) is 6.07 Å². The minimum Gasteiger partial charge on any atom is -0.341 e. The summed E-state index contributed by atoms with van der Waals surface area (Å²) in [4.78, 5) is 27.6. The van der Waals surface area contributed by atoms with Crippen LogP contribution in [0.2, 0.25) is 0 Å². The number of anilines is 1. The molecule has 6 heteroatoms. The molecule has 2 amide bonds. The van der Waals surface area contributed by atoms with E-state index in [9.17, 15) is 9.59 Å². The number of hydrogen-bond donors (Lipinski definition) is 2. The second kappa shape index (κ2) is 6.10. The van der Waals surface area contributed by atoms with Gasteiger partial charge in [0, 0.05) is 17.1 Å². The van der Waals surface area contributed by atoms with E-state index in [0.717, 1.165) is 0 Å². The molecule has 2 N–H and O–H groups in total. The van der Waals surface area contributed by atoms with Crippen molar-refractivity contribution in [2.24, 2.45) is 0 Å². The predicted molar refractivity (Wildman–Crippen MR) is 74.1 cm³/mol. The van der Waals surface area contributed by atoms with Crippen molar-refractivity contribution in [3.05, 3.63) is 47.5 Å². The van der Waals surface area contributed by atoms with Crippen LogP contribution in [-0.2, 0) is 4.79 Å². The Morgan fingerprint density at radius 3 is 2.63 bits per heavy atom. The van der Waals surface area contributed by atoms with Crippen molar-refractivity contribution < 1.29 is 9.59 Å². The van der Waals surface area contributed by atoms with Crippen LogP contribution in [0.4, 0.5) is 5.13 Å². The molecule has 0 radical (unpaired) electrons. The summed E-state index contributed by atoms with van der Waals surface area (Å²) >= 11 is 1.33. The van der Waals surface area contributed by atoms with Gasteiger partial charge in [0.2, 0.25) is 5.91 Å². The molecule has 2 aromatic rings. The number of benzene rings is 1. The molecule has 0 aliphatic rings. The van der Waals surface area contributed by atoms with E-state index < -0.39 is 6.04 Å². The molecule has 5 nitrogen and oxygen atoms in total. The van der Waals surface area contributed by atoms with Crippen LogP contribution in [0.3, 0.4) is 0 Å². The maximum Gasteiger partial charge on any atom is 0.251 e. The number of nitrogens with one attached hydrogen (secondary N) is 2. The van der Waals surface area contributed by atoms with Crippen molar-refractivity contribution in [2.45, 2.75) is 13.0 Å². The summed E-state index contributed by atoms with van der Waals surface area (Å²) in [6.45, 7) is 1.63. The minimum absolute atomic E-state index is 0.276. The fraction of sp³-hybridized carbons (Fsp3) is 0.154. The van der Waals surface area contributed by atoms with E-state index in [1.54, 1.807) is 42.8 Å². The predicted octanol–water partition coefficient (Wildman–Crippen LogP) is 1.90. The zero-order valence-electron chi connectivity index (χ0n) is 10.3. The van der Waals surface area contributed by atoms with Crippen LogP contribution in [-0.4, -0.2) is 22.8 Å². The summed E-state index contributed by atoms with van der Waals surface area (Å²) in [5, 5.41) is 7.55. The number of nitrogens with zero attached hydrogens (tertiary/aromatic N) is 1. The van der Waals surface area contributed by atoms with Gasteiger partial charge in [-0.1, -0.05) is 18.2 Å². The fourth-order valence-electron chi connectivity index (χ4n) is 1.43. The number of thiazole rings is 1. The molecule has 0 aliphatic heterocycles. The second-order valence-corrected chi connectivity index (χ2v) is 4.78. The van der Waals surface area contributed by atoms with Crippen LogP contribution in [0.5, 0.6) is 0 Å². The molecule has 0 fully saturated rings. The zero-order chi connectivity index (χ0) is 13.7. The summed E-state index contributed by atoms with van der Waals surface area (Å²) in [5.74, 6) is -0.568. The van der Waals surface area contributed by atoms with Crippen molar-refractivity contribution in [1.29, 1.82) is 0 Å². The van der Waals surface area contributed by atoms with Gasteiger partial charge in [-0.25, -0.2) is 4.98 Å². The molecular formula is C13H13N3O2S. The summed E-state index contributed by atoms with van der Waals surface area (Å²) < 4.78 is 0. The van der Waals surface area contributed by atoms with E-state index in [2.05, 4.69) is 15.6 Å². The Morgan fingerprint density at radius 2 is 2.00 bits per heavy atom. The Balaban J connectivity index is 1.92. The number of hydrogen-bond acceptors (Lipinski definition) is 4. The third kappa shape index (κ3) is 3.62. The van der Waals surface area contributed by atoms with E-state index in [-0.39, 0.29) is 11.8 Å². The van der Waals surface area contributed by atoms with Gasteiger partial charge < -0.3 is 10.6 Å². The molecule has 0 saturated carbocycles. The SMILES string of the molecule is C[C@H](NC(=O)c1ccccc1)C(=O)Nc1nccs1. The highest BCUT2D eigenvalue weighted by Gasteiger charge is 2.17. The first-order chi connectivity index (χ1) is 9.16. The van der Waals surface area contributed by atoms with Gasteiger partial charge in [0.25, 0.3) is 5.91 Å². The Hall–Kier alpha value is -2.21. The highest BCUT2D eigenvalue weighted by atomic mass is 32.1. The van der Waals surface area contributed by atoms with Crippen LogP contribution < -0.4 is 10.6 Å². The summed E-state index contributed by atoms with van der Waals surface area (Å²) in [7, 11) is 0. The number of rotatable bonds is 4. The van der Waals surface area contributed by atoms with Crippen molar-refractivity contribution in [3.63, 3.8) is 0 Å². The molecule has 1 heterocycles. The van der Waals surface area contributed by atoms with Crippen molar-refractivity contribution in [2.75, 3.05) is 5.32 Å². The standard InChI is InChI=1S/C13H13N3O2S/c1-9(11(17)16-13-14-7-8-19-13)15-12(18)10-5-3-2-4-6-10/h2-9H,1H3,(H,15,18)(H,14,16,17)/t9-/m0/s1. The van der Waals surface area contributed by atoms with Crippen molar-refractivity contribution in [1.82, 2.24) is 10.3 Å². The molecule has 1 aromatic heterocycles. The number of aromatic nitrogens is 1. The van der Waals surface area contributed by atoms with Gasteiger partial charge in [0.15, 0.2) is 5.13 Å². The molecule has 0 bridgehead atoms. The average molecular weight is 275 g/mol. The maximum absolute atomic E-state index is 11.9. The lowest BCUT2D eigenvalue weighted by atomic mass is 10.2. The van der Waals surface area contributed by atoms with E-state index in [4.69, 9.17) is 0 Å². The Bertz CT molecular complexity index is 555. The number of amides is 2. The normalized spacial score (nSPS) is 11.6. The number of carbonyl (C=O) groups is 2. The monoisotopic (exact) mass is 275 g/mol. The Morgan fingerprint density at radius 1 is 1.26 bits per heavy atom. The number of carbonyl (C=O) groups excluding carboxylic acids is 2. The van der Waals surface area contributed by atoms with Gasteiger partial charge in [-0.3, -0.25) is 9.59 Å². The average Bonchev–Trinajstić information content (AvgIpc) is 2.92. The highest BCUT2D eigenvalue weighted by molar-refractivity contribution is 7.13. The van der Waals surface area contributed by atoms with Crippen molar-refractivity contribution in [3.8, 4) is 0 Å². The maximum atomic E-state index is 11.9. The first-order valence-corrected chi connectivity index (χ1v) is 6.61. The van der Waals surface area contributed by atoms with Gasteiger partial charge >= 0.3 is 0 Å². The lowest BCUT2D eigenvalue weighted by Gasteiger charge is -2.12. The molecule has 2 rings (SSSR count). The van der Waals surface area contributed by atoms with Crippen LogP contribution >= 0.6 is 11.3 Å². The molecule has 0 saturated heterocycles. The molecule has 1 aromatic carbocycles. The quantitative estimate of drug-likeness (QED) is 0.895. The lowest BCUT2D eigenvalue weighted by molar-refractivity contribution is -0.117. The summed E-state index contributed by atoms with van der Waals surface area (Å²) in [6, 6.07) is 8.14. The van der Waals surface area contributed by atoms with Gasteiger partial charge in [0.1, 0.15) is 6.04 Å². The molecule has 19 heavy (non-hydrogen) atoms. The van der Waals surface area contributed by atoms with Gasteiger partial charge in [0.05, 0.1) is 0 Å². The molecule has 0 spiro atoms. The van der Waals surface area contributed by atoms with E-state index >= 15 is 0 Å². The molecule has 1 atom stereocenters. The first-order valence-electron chi connectivity index (χ1n) is 5.73. The fourth-order valence-corrected chi connectivity index (χ4v) is 1.97. The van der Waals surface area contributed by atoms with Gasteiger partial charge in [-0.2, -0.15) is 0 Å². The third-order valence-electron chi connectivity index (χ3n) is 2.44. The zero-order valence-corrected chi connectivity index (χ0v) is 11.1. The first kappa shape index (κ1) is 13.2. The molecule has 98 valence electrons. The van der Waals surface area contributed by atoms with Crippen LogP contribution in [0.1, 0.15) is 17.3 Å². The molecule has 0 unspecified atom stereocenters. The van der Waals surface area contributed by atoms with Crippen molar-refractivity contribution >= 4 is 28.3 Å². The lowest BCUT2D eigenvalue weighted by Crippen LogP contribution is -2.41.